The van der Waals surface area contributed by atoms with Crippen molar-refractivity contribution in [2.24, 2.45) is 0 Å². The summed E-state index contributed by atoms with van der Waals surface area (Å²) in [5, 5.41) is 0. The molecule has 1 unspecified atom stereocenters. The molecule has 0 spiro atoms. The molecule has 1 atom stereocenters. The Morgan fingerprint density at radius 3 is 2.83 bits per heavy atom. The fourth-order valence-electron chi connectivity index (χ4n) is 1.83. The van der Waals surface area contributed by atoms with Crippen molar-refractivity contribution in [1.82, 2.24) is 0 Å². The van der Waals surface area contributed by atoms with Gasteiger partial charge >= 0.3 is 82.7 Å². The molecule has 0 bridgehead atoms. The Balaban J connectivity index is 2.57. The Bertz CT molecular complexity index is 350. The molecule has 0 nitrogen and oxygen atoms in total. The molecular formula is C11H11Li. The Hall–Kier alpha value is -0.443. The number of allylic oxidation sites excluding steroid dienone is 1. The van der Waals surface area contributed by atoms with Crippen LogP contribution < -0.4 is 0 Å². The third kappa shape index (κ3) is 1.16. The van der Waals surface area contributed by atoms with Crippen molar-refractivity contribution in [1.29, 1.82) is 0 Å². The average molecular weight is 150 g/mol. The summed E-state index contributed by atoms with van der Waals surface area (Å²) < 4.78 is 1.48. The zero-order chi connectivity index (χ0) is 8.72. The van der Waals surface area contributed by atoms with E-state index in [9.17, 15) is 0 Å². The summed E-state index contributed by atoms with van der Waals surface area (Å²) in [6.07, 6.45) is 2.30. The normalized spacial score (nSPS) is 20.7. The van der Waals surface area contributed by atoms with Crippen LogP contribution in [0.15, 0.2) is 22.4 Å². The first-order valence-electron chi connectivity index (χ1n) is 4.47. The third-order valence-corrected chi connectivity index (χ3v) is 2.77. The van der Waals surface area contributed by atoms with E-state index in [1.807, 2.05) is 0 Å². The molecule has 0 amide bonds. The zero-order valence-electron chi connectivity index (χ0n) is 7.89. The van der Waals surface area contributed by atoms with Gasteiger partial charge in [0.15, 0.2) is 0 Å². The van der Waals surface area contributed by atoms with Crippen LogP contribution >= 0.6 is 0 Å². The molecule has 1 aromatic rings. The fraction of sp³-hybridized carbons (Fsp3) is 0.273. The van der Waals surface area contributed by atoms with E-state index in [1.54, 1.807) is 0 Å². The molecule has 2 rings (SSSR count). The first-order valence-corrected chi connectivity index (χ1v) is 4.47. The molecular weight excluding hydrogens is 139 g/mol. The van der Waals surface area contributed by atoms with Crippen molar-refractivity contribution in [2.45, 2.75) is 19.8 Å². The molecule has 0 aliphatic heterocycles. The second-order valence-corrected chi connectivity index (χ2v) is 3.74. The molecule has 12 heavy (non-hydrogen) atoms. The van der Waals surface area contributed by atoms with E-state index in [0.29, 0.717) is 5.92 Å². The van der Waals surface area contributed by atoms with Gasteiger partial charge in [-0.05, 0) is 0 Å². The predicted octanol–water partition coefficient (Wildman–Crippen LogP) is 2.62. The van der Waals surface area contributed by atoms with E-state index >= 15 is 0 Å². The van der Waals surface area contributed by atoms with Gasteiger partial charge in [-0.1, -0.05) is 0 Å². The van der Waals surface area contributed by atoms with Gasteiger partial charge in [0.1, 0.15) is 0 Å². The van der Waals surface area contributed by atoms with Gasteiger partial charge in [-0.15, -0.1) is 0 Å². The maximum absolute atomic E-state index is 2.30. The van der Waals surface area contributed by atoms with Gasteiger partial charge in [-0.25, -0.2) is 0 Å². The van der Waals surface area contributed by atoms with Crippen LogP contribution in [0.2, 0.25) is 0 Å². The van der Waals surface area contributed by atoms with Crippen molar-refractivity contribution in [3.05, 3.63) is 39.1 Å². The summed E-state index contributed by atoms with van der Waals surface area (Å²) in [7, 11) is 0. The first kappa shape index (κ1) is 8.17. The van der Waals surface area contributed by atoms with E-state index in [0.717, 1.165) is 0 Å². The van der Waals surface area contributed by atoms with Crippen LogP contribution in [-0.2, 0) is 0 Å². The van der Waals surface area contributed by atoms with Gasteiger partial charge in [0.05, 0.1) is 0 Å². The molecule has 0 fully saturated rings. The minimum absolute atomic E-state index is 0.626. The summed E-state index contributed by atoms with van der Waals surface area (Å²) >= 11 is 2.21. The van der Waals surface area contributed by atoms with Crippen LogP contribution in [0.4, 0.5) is 0 Å². The molecule has 1 aliphatic rings. The second kappa shape index (κ2) is 2.80. The van der Waals surface area contributed by atoms with Crippen LogP contribution in [0, 0.1) is 6.92 Å². The second-order valence-electron chi connectivity index (χ2n) is 3.74. The SMILES string of the molecule is [Li][C]1=Cc2cc(C)ccc2C1C. The molecule has 1 heteroatoms. The fourth-order valence-corrected chi connectivity index (χ4v) is 1.83. The Morgan fingerprint density at radius 2 is 2.08 bits per heavy atom. The van der Waals surface area contributed by atoms with Crippen molar-refractivity contribution in [2.75, 3.05) is 0 Å². The standard InChI is InChI=1S/C11H11.Li/c1-8-3-6-11-9(2)4-5-10(11)7-8;/h3,5-7,9H,1-2H3;. The summed E-state index contributed by atoms with van der Waals surface area (Å²) in [5.74, 6) is 0.626. The molecule has 0 heterocycles. The molecule has 56 valence electrons. The topological polar surface area (TPSA) is 0 Å². The van der Waals surface area contributed by atoms with Crippen LogP contribution in [0.3, 0.4) is 0 Å². The summed E-state index contributed by atoms with van der Waals surface area (Å²) in [6, 6.07) is 6.71. The average Bonchev–Trinajstić information content (AvgIpc) is 2.28. The van der Waals surface area contributed by atoms with Crippen LogP contribution in [-0.4, -0.2) is 17.7 Å². The van der Waals surface area contributed by atoms with Gasteiger partial charge in [0.25, 0.3) is 0 Å². The monoisotopic (exact) mass is 150 g/mol. The summed E-state index contributed by atoms with van der Waals surface area (Å²) in [4.78, 5) is 0. The van der Waals surface area contributed by atoms with Gasteiger partial charge in [-0.2, -0.15) is 0 Å². The van der Waals surface area contributed by atoms with Crippen molar-refractivity contribution in [3.8, 4) is 0 Å². The van der Waals surface area contributed by atoms with Crippen molar-refractivity contribution in [3.63, 3.8) is 0 Å². The van der Waals surface area contributed by atoms with Gasteiger partial charge in [0, 0.05) is 0 Å². The zero-order valence-corrected chi connectivity index (χ0v) is 7.89. The molecule has 1 aliphatic carbocycles. The van der Waals surface area contributed by atoms with Gasteiger partial charge in [0.2, 0.25) is 0 Å². The molecule has 0 N–H and O–H groups in total. The first-order chi connectivity index (χ1) is 5.68. The third-order valence-electron chi connectivity index (χ3n) is 2.77. The van der Waals surface area contributed by atoms with E-state index in [-0.39, 0.29) is 0 Å². The predicted molar refractivity (Wildman–Crippen MR) is 53.3 cm³/mol. The van der Waals surface area contributed by atoms with E-state index in [1.165, 1.54) is 20.9 Å². The van der Waals surface area contributed by atoms with Crippen molar-refractivity contribution < 1.29 is 0 Å². The summed E-state index contributed by atoms with van der Waals surface area (Å²) in [5.41, 5.74) is 4.25. The summed E-state index contributed by atoms with van der Waals surface area (Å²) in [6.45, 7) is 4.42. The molecule has 0 saturated carbocycles. The number of aryl methyl sites for hydroxylation is 1. The van der Waals surface area contributed by atoms with Gasteiger partial charge < -0.3 is 0 Å². The van der Waals surface area contributed by atoms with Crippen molar-refractivity contribution >= 4 is 23.8 Å². The van der Waals surface area contributed by atoms with Crippen LogP contribution in [0.5, 0.6) is 0 Å². The number of rotatable bonds is 0. The van der Waals surface area contributed by atoms with E-state index in [4.69, 9.17) is 0 Å². The minimum atomic E-state index is 0.626. The molecule has 1 aromatic carbocycles. The van der Waals surface area contributed by atoms with E-state index < -0.39 is 0 Å². The van der Waals surface area contributed by atoms with Crippen LogP contribution in [0.1, 0.15) is 29.5 Å². The Kier molecular flexibility index (Phi) is 1.91. The quantitative estimate of drug-likeness (QED) is 0.499. The maximum atomic E-state index is 2.30. The Morgan fingerprint density at radius 1 is 1.33 bits per heavy atom. The number of benzene rings is 1. The molecule has 0 saturated heterocycles. The van der Waals surface area contributed by atoms with E-state index in [2.05, 4.69) is 55.8 Å². The number of fused-ring (bicyclic) bond motifs is 1. The Labute approximate surface area is 82.9 Å². The number of hydrogen-bond acceptors (Lipinski definition) is 0. The number of hydrogen-bond donors (Lipinski definition) is 0. The molecule has 0 radical (unpaired) electrons. The van der Waals surface area contributed by atoms with Crippen LogP contribution in [0.25, 0.3) is 6.08 Å². The molecule has 0 aromatic heterocycles. The van der Waals surface area contributed by atoms with Gasteiger partial charge in [-0.3, -0.25) is 0 Å².